The van der Waals surface area contributed by atoms with Crippen LogP contribution < -0.4 is 5.32 Å². The molecule has 2 aliphatic carbocycles. The van der Waals surface area contributed by atoms with Gasteiger partial charge in [0.2, 0.25) is 0 Å². The molecule has 3 heteroatoms. The molecule has 5 atom stereocenters. The minimum absolute atomic E-state index is 0.624. The lowest BCUT2D eigenvalue weighted by atomic mass is 9.84. The van der Waals surface area contributed by atoms with Crippen LogP contribution in [0.25, 0.3) is 0 Å². The van der Waals surface area contributed by atoms with Crippen molar-refractivity contribution in [2.24, 2.45) is 28.7 Å². The number of nitrogens with one attached hydrogen (secondary N) is 1. The molecule has 3 rings (SSSR count). The van der Waals surface area contributed by atoms with E-state index in [1.165, 1.54) is 37.3 Å². The maximum Gasteiger partial charge on any atom is 0.157 e. The van der Waals surface area contributed by atoms with Crippen LogP contribution in [0.5, 0.6) is 0 Å². The van der Waals surface area contributed by atoms with E-state index >= 15 is 0 Å². The molecule has 2 saturated carbocycles. The van der Waals surface area contributed by atoms with Gasteiger partial charge in [-0.3, -0.25) is 4.99 Å². The smallest absolute Gasteiger partial charge is 0.157 e. The molecule has 5 unspecified atom stereocenters. The predicted molar refractivity (Wildman–Crippen MR) is 84.7 cm³/mol. The fraction of sp³-hybridized carbons (Fsp3) is 0.938. The van der Waals surface area contributed by atoms with Crippen molar-refractivity contribution in [3.8, 4) is 0 Å². The van der Waals surface area contributed by atoms with E-state index in [0.717, 1.165) is 35.5 Å². The van der Waals surface area contributed by atoms with Crippen LogP contribution in [0.4, 0.5) is 0 Å². The van der Waals surface area contributed by atoms with Crippen LogP contribution in [0.3, 0.4) is 0 Å². The fourth-order valence-corrected chi connectivity index (χ4v) is 5.70. The maximum absolute atomic E-state index is 4.71. The minimum atomic E-state index is 0.624. The van der Waals surface area contributed by atoms with Gasteiger partial charge in [-0.15, -0.1) is 0 Å². The van der Waals surface area contributed by atoms with Crippen LogP contribution in [0, 0.1) is 23.7 Å². The van der Waals surface area contributed by atoms with Gasteiger partial charge in [0, 0.05) is 11.3 Å². The minimum Gasteiger partial charge on any atom is -0.362 e. The number of hydrogen-bond acceptors (Lipinski definition) is 3. The van der Waals surface area contributed by atoms with Crippen molar-refractivity contribution in [2.75, 3.05) is 6.54 Å². The summed E-state index contributed by atoms with van der Waals surface area (Å²) < 4.78 is 0. The summed E-state index contributed by atoms with van der Waals surface area (Å²) in [4.78, 5) is 4.71. The lowest BCUT2D eigenvalue weighted by Gasteiger charge is -2.29. The van der Waals surface area contributed by atoms with Gasteiger partial charge in [0.15, 0.2) is 5.17 Å². The van der Waals surface area contributed by atoms with E-state index in [2.05, 4.69) is 26.1 Å². The predicted octanol–water partition coefficient (Wildman–Crippen LogP) is 3.92. The molecule has 1 aliphatic heterocycles. The molecule has 0 spiro atoms. The second kappa shape index (κ2) is 5.67. The summed E-state index contributed by atoms with van der Waals surface area (Å²) in [5.74, 6) is 3.75. The quantitative estimate of drug-likeness (QED) is 0.844. The number of rotatable bonds is 4. The molecule has 108 valence electrons. The largest absolute Gasteiger partial charge is 0.362 e. The van der Waals surface area contributed by atoms with Crippen LogP contribution in [-0.4, -0.2) is 23.0 Å². The van der Waals surface area contributed by atoms with E-state index in [-0.39, 0.29) is 0 Å². The first kappa shape index (κ1) is 13.8. The summed E-state index contributed by atoms with van der Waals surface area (Å²) in [6.07, 6.45) is 7.25. The third kappa shape index (κ3) is 3.12. The van der Waals surface area contributed by atoms with Gasteiger partial charge >= 0.3 is 0 Å². The van der Waals surface area contributed by atoms with Crippen molar-refractivity contribution >= 4 is 16.9 Å². The number of aliphatic imine (C=N–C) groups is 1. The van der Waals surface area contributed by atoms with Gasteiger partial charge in [0.1, 0.15) is 0 Å². The van der Waals surface area contributed by atoms with Gasteiger partial charge in [-0.05, 0) is 56.3 Å². The Balaban J connectivity index is 1.47. The standard InChI is InChI=1S/C16H28N2S/c1-10(2)6-14-9-17-16(19-14)18-11(3)15-8-12-4-5-13(15)7-12/h10-15H,4-9H2,1-3H3,(H,17,18). The number of fused-ring (bicyclic) bond motifs is 2. The van der Waals surface area contributed by atoms with E-state index in [0.29, 0.717) is 6.04 Å². The van der Waals surface area contributed by atoms with Gasteiger partial charge in [-0.25, -0.2) is 0 Å². The Kier molecular flexibility index (Phi) is 4.11. The molecule has 0 aromatic heterocycles. The number of hydrogen-bond donors (Lipinski definition) is 1. The first-order chi connectivity index (χ1) is 9.11. The van der Waals surface area contributed by atoms with Crippen LogP contribution in [0.2, 0.25) is 0 Å². The highest BCUT2D eigenvalue weighted by atomic mass is 32.2. The van der Waals surface area contributed by atoms with E-state index in [4.69, 9.17) is 4.99 Å². The third-order valence-electron chi connectivity index (χ3n) is 5.24. The van der Waals surface area contributed by atoms with E-state index < -0.39 is 0 Å². The van der Waals surface area contributed by atoms with Crippen LogP contribution in [0.1, 0.15) is 52.9 Å². The van der Waals surface area contributed by atoms with Gasteiger partial charge in [0.25, 0.3) is 0 Å². The molecule has 0 aromatic carbocycles. The van der Waals surface area contributed by atoms with Gasteiger partial charge in [0.05, 0.1) is 6.54 Å². The van der Waals surface area contributed by atoms with Gasteiger partial charge in [-0.1, -0.05) is 32.0 Å². The van der Waals surface area contributed by atoms with Crippen molar-refractivity contribution in [1.82, 2.24) is 5.32 Å². The Labute approximate surface area is 122 Å². The molecule has 0 saturated heterocycles. The summed E-state index contributed by atoms with van der Waals surface area (Å²) in [5.41, 5.74) is 0. The summed E-state index contributed by atoms with van der Waals surface area (Å²) in [7, 11) is 0. The zero-order valence-electron chi connectivity index (χ0n) is 12.6. The topological polar surface area (TPSA) is 24.4 Å². The fourth-order valence-electron chi connectivity index (χ4n) is 4.35. The molecule has 19 heavy (non-hydrogen) atoms. The zero-order chi connectivity index (χ0) is 13.4. The molecular weight excluding hydrogens is 252 g/mol. The second-order valence-corrected chi connectivity index (χ2v) is 8.58. The van der Waals surface area contributed by atoms with Crippen LogP contribution in [-0.2, 0) is 0 Å². The van der Waals surface area contributed by atoms with Crippen molar-refractivity contribution in [3.05, 3.63) is 0 Å². The van der Waals surface area contributed by atoms with E-state index in [1.54, 1.807) is 0 Å². The van der Waals surface area contributed by atoms with Crippen molar-refractivity contribution < 1.29 is 0 Å². The van der Waals surface area contributed by atoms with Crippen LogP contribution in [0.15, 0.2) is 4.99 Å². The monoisotopic (exact) mass is 280 g/mol. The number of amidine groups is 1. The Morgan fingerprint density at radius 2 is 2.11 bits per heavy atom. The molecule has 2 nitrogen and oxygen atoms in total. The highest BCUT2D eigenvalue weighted by molar-refractivity contribution is 8.14. The summed E-state index contributed by atoms with van der Waals surface area (Å²) in [5, 5.41) is 5.66. The highest BCUT2D eigenvalue weighted by Crippen LogP contribution is 2.49. The lowest BCUT2D eigenvalue weighted by Crippen LogP contribution is -2.38. The second-order valence-electron chi connectivity index (χ2n) is 7.29. The number of thioether (sulfide) groups is 1. The average molecular weight is 280 g/mol. The Bertz CT molecular complexity index is 353. The molecule has 0 radical (unpaired) electrons. The summed E-state index contributed by atoms with van der Waals surface area (Å²) in [6, 6.07) is 0.624. The number of nitrogens with zero attached hydrogens (tertiary/aromatic N) is 1. The molecular formula is C16H28N2S. The molecule has 1 heterocycles. The Hall–Kier alpha value is -0.180. The van der Waals surface area contributed by atoms with Gasteiger partial charge in [-0.2, -0.15) is 0 Å². The van der Waals surface area contributed by atoms with Crippen molar-refractivity contribution in [2.45, 2.75) is 64.2 Å². The van der Waals surface area contributed by atoms with Crippen molar-refractivity contribution in [1.29, 1.82) is 0 Å². The molecule has 2 fully saturated rings. The zero-order valence-corrected chi connectivity index (χ0v) is 13.4. The summed E-state index contributed by atoms with van der Waals surface area (Å²) >= 11 is 1.99. The molecule has 3 aliphatic rings. The van der Waals surface area contributed by atoms with Crippen LogP contribution >= 0.6 is 11.8 Å². The molecule has 2 bridgehead atoms. The average Bonchev–Trinajstić information content (AvgIpc) is 3.04. The van der Waals surface area contributed by atoms with E-state index in [1.807, 2.05) is 11.8 Å². The normalized spacial score (nSPS) is 38.8. The first-order valence-corrected chi connectivity index (χ1v) is 8.97. The molecule has 0 amide bonds. The SMILES string of the molecule is CC(C)CC1CN=C(NC(C)C2CC3CCC2C3)S1. The third-order valence-corrected chi connectivity index (χ3v) is 6.38. The molecule has 0 aromatic rings. The highest BCUT2D eigenvalue weighted by Gasteiger charge is 2.42. The maximum atomic E-state index is 4.71. The van der Waals surface area contributed by atoms with Crippen molar-refractivity contribution in [3.63, 3.8) is 0 Å². The summed E-state index contributed by atoms with van der Waals surface area (Å²) in [6.45, 7) is 8.02. The van der Waals surface area contributed by atoms with E-state index in [9.17, 15) is 0 Å². The molecule has 1 N–H and O–H groups in total. The Morgan fingerprint density at radius 3 is 2.74 bits per heavy atom. The Morgan fingerprint density at radius 1 is 1.26 bits per heavy atom. The lowest BCUT2D eigenvalue weighted by molar-refractivity contribution is 0.279. The van der Waals surface area contributed by atoms with Gasteiger partial charge < -0.3 is 5.32 Å². The first-order valence-electron chi connectivity index (χ1n) is 8.09.